The van der Waals surface area contributed by atoms with E-state index >= 15 is 0 Å². The molecule has 2 aromatic carbocycles. The fraction of sp³-hybridized carbons (Fsp3) is 0.143. The lowest BCUT2D eigenvalue weighted by molar-refractivity contribution is -0.208. The third-order valence-electron chi connectivity index (χ3n) is 2.46. The van der Waals surface area contributed by atoms with Crippen molar-refractivity contribution in [3.05, 3.63) is 71.8 Å². The summed E-state index contributed by atoms with van der Waals surface area (Å²) in [6, 6.07) is 18.9. The Labute approximate surface area is 118 Å². The van der Waals surface area contributed by atoms with Gasteiger partial charge in [-0.05, 0) is 11.1 Å². The molecule has 0 aliphatic rings. The van der Waals surface area contributed by atoms with Gasteiger partial charge in [0.05, 0.1) is 13.2 Å². The SMILES string of the molecule is [O-]P(=S)(OCc1ccccc1)OCc1ccccc1. The third-order valence-corrected chi connectivity index (χ3v) is 3.99. The molecule has 0 radical (unpaired) electrons. The van der Waals surface area contributed by atoms with E-state index in [0.29, 0.717) is 0 Å². The molecule has 0 amide bonds. The van der Waals surface area contributed by atoms with Crippen molar-refractivity contribution in [3.63, 3.8) is 0 Å². The van der Waals surface area contributed by atoms with Crippen LogP contribution in [0.15, 0.2) is 60.7 Å². The predicted molar refractivity (Wildman–Crippen MR) is 76.7 cm³/mol. The smallest absolute Gasteiger partial charge is 0.116 e. The fourth-order valence-electron chi connectivity index (χ4n) is 1.49. The van der Waals surface area contributed by atoms with E-state index in [1.807, 2.05) is 60.7 Å². The summed E-state index contributed by atoms with van der Waals surface area (Å²) < 4.78 is 10.4. The van der Waals surface area contributed by atoms with Gasteiger partial charge in [-0.15, -0.1) is 0 Å². The second-order valence-corrected chi connectivity index (χ2v) is 6.72. The van der Waals surface area contributed by atoms with Crippen molar-refractivity contribution in [2.75, 3.05) is 0 Å². The molecular formula is C14H14O3PS-. The molecule has 100 valence electrons. The number of hydrogen-bond acceptors (Lipinski definition) is 4. The van der Waals surface area contributed by atoms with Crippen LogP contribution in [-0.2, 0) is 34.1 Å². The van der Waals surface area contributed by atoms with Crippen molar-refractivity contribution >= 4 is 18.5 Å². The summed E-state index contributed by atoms with van der Waals surface area (Å²) in [7, 11) is 0. The van der Waals surface area contributed by atoms with Gasteiger partial charge in [-0.3, -0.25) is 0 Å². The topological polar surface area (TPSA) is 41.5 Å². The molecule has 0 bridgehead atoms. The van der Waals surface area contributed by atoms with E-state index in [-0.39, 0.29) is 13.2 Å². The largest absolute Gasteiger partial charge is 0.780 e. The molecule has 0 aliphatic carbocycles. The average Bonchev–Trinajstić information content (AvgIpc) is 2.46. The molecule has 2 rings (SSSR count). The van der Waals surface area contributed by atoms with Gasteiger partial charge < -0.3 is 13.9 Å². The molecule has 2 aromatic rings. The zero-order valence-corrected chi connectivity index (χ0v) is 12.0. The molecule has 0 saturated carbocycles. The van der Waals surface area contributed by atoms with Gasteiger partial charge in [0, 0.05) is 0 Å². The maximum absolute atomic E-state index is 11.9. The highest BCUT2D eigenvalue weighted by Crippen LogP contribution is 2.40. The Bertz CT molecular complexity index is 498. The van der Waals surface area contributed by atoms with E-state index < -0.39 is 6.72 Å². The van der Waals surface area contributed by atoms with Gasteiger partial charge in [0.15, 0.2) is 0 Å². The normalized spacial score (nSPS) is 11.4. The summed E-state index contributed by atoms with van der Waals surface area (Å²) in [5, 5.41) is 0. The Morgan fingerprint density at radius 2 is 1.16 bits per heavy atom. The van der Waals surface area contributed by atoms with Crippen molar-refractivity contribution in [2.45, 2.75) is 13.2 Å². The molecule has 0 heterocycles. The Morgan fingerprint density at radius 1 is 0.789 bits per heavy atom. The second kappa shape index (κ2) is 6.94. The molecule has 0 saturated heterocycles. The number of hydrogen-bond donors (Lipinski definition) is 0. The van der Waals surface area contributed by atoms with Gasteiger partial charge in [0.25, 0.3) is 0 Å². The summed E-state index contributed by atoms with van der Waals surface area (Å²) in [5.41, 5.74) is 1.83. The molecule has 0 atom stereocenters. The molecule has 0 N–H and O–H groups in total. The molecule has 19 heavy (non-hydrogen) atoms. The maximum atomic E-state index is 11.9. The van der Waals surface area contributed by atoms with E-state index in [0.717, 1.165) is 11.1 Å². The number of benzene rings is 2. The summed E-state index contributed by atoms with van der Waals surface area (Å²) in [4.78, 5) is 11.9. The van der Waals surface area contributed by atoms with Crippen molar-refractivity contribution in [2.24, 2.45) is 0 Å². The van der Waals surface area contributed by atoms with Crippen molar-refractivity contribution in [3.8, 4) is 0 Å². The van der Waals surface area contributed by atoms with E-state index in [1.54, 1.807) is 0 Å². The molecule has 5 heteroatoms. The van der Waals surface area contributed by atoms with E-state index in [1.165, 1.54) is 0 Å². The van der Waals surface area contributed by atoms with E-state index in [4.69, 9.17) is 20.9 Å². The van der Waals surface area contributed by atoms with Gasteiger partial charge in [0.2, 0.25) is 0 Å². The van der Waals surface area contributed by atoms with Gasteiger partial charge in [-0.1, -0.05) is 72.5 Å². The third kappa shape index (κ3) is 5.23. The first-order chi connectivity index (χ1) is 9.16. The van der Waals surface area contributed by atoms with Crippen LogP contribution in [-0.4, -0.2) is 0 Å². The molecular weight excluding hydrogens is 279 g/mol. The summed E-state index contributed by atoms with van der Waals surface area (Å²) in [5.74, 6) is 0. The second-order valence-electron chi connectivity index (χ2n) is 3.97. The van der Waals surface area contributed by atoms with Gasteiger partial charge >= 0.3 is 0 Å². The minimum Gasteiger partial charge on any atom is -0.780 e. The first kappa shape index (κ1) is 14.4. The first-order valence-electron chi connectivity index (χ1n) is 5.84. The van der Waals surface area contributed by atoms with Crippen LogP contribution in [0.1, 0.15) is 11.1 Å². The standard InChI is InChI=1S/C14H15O3PS/c15-18(19,16-11-13-7-3-1-4-8-13)17-12-14-9-5-2-6-10-14/h1-10H,11-12H2,(H,15,19)/p-1. The summed E-state index contributed by atoms with van der Waals surface area (Å²) >= 11 is 4.85. The highest BCUT2D eigenvalue weighted by molar-refractivity contribution is 8.06. The van der Waals surface area contributed by atoms with Gasteiger partial charge in [-0.25, -0.2) is 0 Å². The minimum absolute atomic E-state index is 0.191. The molecule has 3 nitrogen and oxygen atoms in total. The summed E-state index contributed by atoms with van der Waals surface area (Å²) in [6.07, 6.45) is 0. The van der Waals surface area contributed by atoms with Crippen LogP contribution in [0.5, 0.6) is 0 Å². The van der Waals surface area contributed by atoms with Crippen LogP contribution in [0.2, 0.25) is 0 Å². The molecule has 0 fully saturated rings. The lowest BCUT2D eigenvalue weighted by Crippen LogP contribution is -2.08. The van der Waals surface area contributed by atoms with E-state index in [2.05, 4.69) is 0 Å². The zero-order valence-electron chi connectivity index (χ0n) is 10.3. The van der Waals surface area contributed by atoms with Crippen LogP contribution in [0.3, 0.4) is 0 Å². The highest BCUT2D eigenvalue weighted by Gasteiger charge is 2.05. The monoisotopic (exact) mass is 293 g/mol. The molecule has 0 spiro atoms. The summed E-state index contributed by atoms with van der Waals surface area (Å²) in [6.45, 7) is -3.06. The fourth-order valence-corrected chi connectivity index (χ4v) is 2.50. The quantitative estimate of drug-likeness (QED) is 0.768. The molecule has 0 aromatic heterocycles. The van der Waals surface area contributed by atoms with Gasteiger partial charge in [0.1, 0.15) is 6.72 Å². The van der Waals surface area contributed by atoms with Crippen LogP contribution >= 0.6 is 6.72 Å². The van der Waals surface area contributed by atoms with Crippen LogP contribution in [0.4, 0.5) is 0 Å². The molecule has 0 aliphatic heterocycles. The number of rotatable bonds is 6. The van der Waals surface area contributed by atoms with Crippen LogP contribution < -0.4 is 4.89 Å². The maximum Gasteiger partial charge on any atom is 0.116 e. The Morgan fingerprint density at radius 3 is 1.53 bits per heavy atom. The van der Waals surface area contributed by atoms with Crippen LogP contribution in [0.25, 0.3) is 0 Å². The zero-order chi connectivity index (χ0) is 13.6. The minimum atomic E-state index is -3.44. The Kier molecular flexibility index (Phi) is 5.25. The van der Waals surface area contributed by atoms with Crippen molar-refractivity contribution in [1.29, 1.82) is 0 Å². The van der Waals surface area contributed by atoms with Gasteiger partial charge in [-0.2, -0.15) is 0 Å². The molecule has 0 unspecified atom stereocenters. The Hall–Kier alpha value is -1.03. The predicted octanol–water partition coefficient (Wildman–Crippen LogP) is 3.00. The van der Waals surface area contributed by atoms with Crippen molar-refractivity contribution in [1.82, 2.24) is 0 Å². The highest BCUT2D eigenvalue weighted by atomic mass is 32.5. The van der Waals surface area contributed by atoms with Crippen molar-refractivity contribution < 1.29 is 13.9 Å². The Balaban J connectivity index is 1.84. The first-order valence-corrected chi connectivity index (χ1v) is 8.39. The average molecular weight is 293 g/mol. The lowest BCUT2D eigenvalue weighted by atomic mass is 10.2. The lowest BCUT2D eigenvalue weighted by Gasteiger charge is -2.27. The van der Waals surface area contributed by atoms with E-state index in [9.17, 15) is 4.89 Å². The van der Waals surface area contributed by atoms with Crippen LogP contribution in [0, 0.1) is 0 Å².